The molecule has 0 saturated heterocycles. The molecule has 0 bridgehead atoms. The highest BCUT2D eigenvalue weighted by Gasteiger charge is 2.27. The van der Waals surface area contributed by atoms with Gasteiger partial charge in [0.2, 0.25) is 0 Å². The second kappa shape index (κ2) is 7.29. The van der Waals surface area contributed by atoms with Gasteiger partial charge in [-0.2, -0.15) is 0 Å². The number of Topliss-reactive ketones (excluding diaryl/α,β-unsaturated/α-hetero) is 1. The van der Waals surface area contributed by atoms with Gasteiger partial charge >= 0.3 is 11.9 Å². The van der Waals surface area contributed by atoms with Crippen molar-refractivity contribution in [3.63, 3.8) is 0 Å². The number of ketones is 1. The van der Waals surface area contributed by atoms with Crippen molar-refractivity contribution in [2.24, 2.45) is 0 Å². The van der Waals surface area contributed by atoms with Crippen LogP contribution in [0.15, 0.2) is 24.4 Å². The molecule has 6 heteroatoms. The average Bonchev–Trinajstić information content (AvgIpc) is 2.84. The molecular formula is C18H21NO5. The Morgan fingerprint density at radius 3 is 2.38 bits per heavy atom. The van der Waals surface area contributed by atoms with Gasteiger partial charge in [0.15, 0.2) is 0 Å². The highest BCUT2D eigenvalue weighted by Crippen LogP contribution is 2.24. The molecule has 0 spiro atoms. The fraction of sp³-hybridized carbons (Fsp3) is 0.389. The van der Waals surface area contributed by atoms with Crippen molar-refractivity contribution >= 4 is 23.2 Å². The molecule has 0 aliphatic heterocycles. The molecule has 1 unspecified atom stereocenters. The minimum Gasteiger partial charge on any atom is -0.465 e. The van der Waals surface area contributed by atoms with Gasteiger partial charge in [-0.25, -0.2) is 4.79 Å². The Bertz CT molecular complexity index is 790. The number of hydrogen-bond donors (Lipinski definition) is 0. The Hall–Kier alpha value is -2.63. The first-order valence-electron chi connectivity index (χ1n) is 7.86. The molecule has 0 N–H and O–H groups in total. The summed E-state index contributed by atoms with van der Waals surface area (Å²) in [6, 6.07) is 5.11. The highest BCUT2D eigenvalue weighted by atomic mass is 16.5. The van der Waals surface area contributed by atoms with Crippen LogP contribution in [0, 0.1) is 6.92 Å². The monoisotopic (exact) mass is 331 g/mol. The number of pyridine rings is 1. The van der Waals surface area contributed by atoms with Crippen molar-refractivity contribution in [2.75, 3.05) is 13.2 Å². The lowest BCUT2D eigenvalue weighted by Gasteiger charge is -2.13. The molecule has 0 radical (unpaired) electrons. The lowest BCUT2D eigenvalue weighted by Crippen LogP contribution is -2.22. The smallest absolute Gasteiger partial charge is 0.339 e. The number of carbonyl (C=O) groups is 3. The number of esters is 2. The first-order chi connectivity index (χ1) is 11.4. The summed E-state index contributed by atoms with van der Waals surface area (Å²) in [6.45, 7) is 7.12. The second-order valence-electron chi connectivity index (χ2n) is 5.41. The third kappa shape index (κ3) is 3.32. The number of nitrogens with zero attached hydrogens (tertiary/aromatic N) is 1. The van der Waals surface area contributed by atoms with E-state index in [1.165, 1.54) is 6.92 Å². The first-order valence-corrected chi connectivity index (χ1v) is 7.86. The number of aromatic nitrogens is 1. The lowest BCUT2D eigenvalue weighted by molar-refractivity contribution is -0.147. The van der Waals surface area contributed by atoms with Crippen LogP contribution in [-0.4, -0.2) is 35.3 Å². The van der Waals surface area contributed by atoms with E-state index in [4.69, 9.17) is 9.47 Å². The summed E-state index contributed by atoms with van der Waals surface area (Å²) in [7, 11) is 0. The van der Waals surface area contributed by atoms with E-state index in [0.29, 0.717) is 23.3 Å². The molecule has 6 nitrogen and oxygen atoms in total. The zero-order valence-electron chi connectivity index (χ0n) is 14.3. The van der Waals surface area contributed by atoms with Crippen molar-refractivity contribution in [2.45, 2.75) is 33.6 Å². The fourth-order valence-corrected chi connectivity index (χ4v) is 2.69. The third-order valence-corrected chi connectivity index (χ3v) is 3.81. The van der Waals surface area contributed by atoms with Gasteiger partial charge in [0.25, 0.3) is 0 Å². The van der Waals surface area contributed by atoms with Crippen LogP contribution >= 0.6 is 0 Å². The summed E-state index contributed by atoms with van der Waals surface area (Å²) in [5, 5.41) is 0. The van der Waals surface area contributed by atoms with Gasteiger partial charge in [-0.1, -0.05) is 0 Å². The minimum absolute atomic E-state index is 0.210. The highest BCUT2D eigenvalue weighted by molar-refractivity contribution is 6.03. The average molecular weight is 331 g/mol. The molecule has 2 aromatic heterocycles. The van der Waals surface area contributed by atoms with E-state index in [2.05, 4.69) is 0 Å². The summed E-state index contributed by atoms with van der Waals surface area (Å²) in [5.74, 6) is -2.21. The van der Waals surface area contributed by atoms with Gasteiger partial charge < -0.3 is 13.9 Å². The van der Waals surface area contributed by atoms with E-state index in [9.17, 15) is 14.4 Å². The number of fused-ring (bicyclic) bond motifs is 1. The van der Waals surface area contributed by atoms with Crippen LogP contribution in [0.4, 0.5) is 0 Å². The number of rotatable bonds is 6. The molecule has 1 atom stereocenters. The summed E-state index contributed by atoms with van der Waals surface area (Å²) >= 11 is 0. The molecule has 0 aliphatic rings. The molecule has 2 heterocycles. The van der Waals surface area contributed by atoms with Gasteiger partial charge in [0.1, 0.15) is 11.7 Å². The van der Waals surface area contributed by atoms with Gasteiger partial charge in [0, 0.05) is 17.4 Å². The van der Waals surface area contributed by atoms with Crippen LogP contribution in [0.25, 0.3) is 5.52 Å². The Labute approximate surface area is 140 Å². The van der Waals surface area contributed by atoms with Crippen molar-refractivity contribution in [1.82, 2.24) is 4.40 Å². The SMILES string of the molecule is CCOC(=O)c1cc2cc(C(C(C)=O)C(=O)OCC)ccn2c1C. The van der Waals surface area contributed by atoms with Crippen LogP contribution in [-0.2, 0) is 19.1 Å². The number of carbonyl (C=O) groups excluding carboxylic acids is 3. The van der Waals surface area contributed by atoms with Crippen molar-refractivity contribution in [3.8, 4) is 0 Å². The molecule has 128 valence electrons. The Morgan fingerprint density at radius 2 is 1.79 bits per heavy atom. The van der Waals surface area contributed by atoms with E-state index in [0.717, 1.165) is 5.69 Å². The first kappa shape index (κ1) is 17.7. The number of hydrogen-bond acceptors (Lipinski definition) is 5. The zero-order valence-corrected chi connectivity index (χ0v) is 14.3. The van der Waals surface area contributed by atoms with Gasteiger partial charge in [0.05, 0.1) is 18.8 Å². The number of ether oxygens (including phenoxy) is 2. The van der Waals surface area contributed by atoms with E-state index in [1.54, 1.807) is 38.2 Å². The molecule has 0 aromatic carbocycles. The quantitative estimate of drug-likeness (QED) is 0.601. The van der Waals surface area contributed by atoms with Crippen molar-refractivity contribution in [3.05, 3.63) is 41.2 Å². The largest absolute Gasteiger partial charge is 0.465 e. The molecule has 2 aromatic rings. The van der Waals surface area contributed by atoms with Crippen molar-refractivity contribution < 1.29 is 23.9 Å². The molecule has 0 saturated carbocycles. The summed E-state index contributed by atoms with van der Waals surface area (Å²) < 4.78 is 11.9. The van der Waals surface area contributed by atoms with Crippen LogP contribution in [0.3, 0.4) is 0 Å². The van der Waals surface area contributed by atoms with Gasteiger partial charge in [-0.3, -0.25) is 9.59 Å². The third-order valence-electron chi connectivity index (χ3n) is 3.81. The minimum atomic E-state index is -0.962. The normalized spacial score (nSPS) is 12.0. The Kier molecular flexibility index (Phi) is 5.39. The Morgan fingerprint density at radius 1 is 1.12 bits per heavy atom. The maximum absolute atomic E-state index is 12.1. The second-order valence-corrected chi connectivity index (χ2v) is 5.41. The van der Waals surface area contributed by atoms with Crippen LogP contribution in [0.5, 0.6) is 0 Å². The topological polar surface area (TPSA) is 74.1 Å². The predicted octanol–water partition coefficient (Wildman–Crippen LogP) is 2.66. The van der Waals surface area contributed by atoms with Crippen LogP contribution in [0.1, 0.15) is 48.3 Å². The Balaban J connectivity index is 2.48. The maximum atomic E-state index is 12.1. The predicted molar refractivity (Wildman–Crippen MR) is 88.1 cm³/mol. The van der Waals surface area contributed by atoms with Crippen molar-refractivity contribution in [1.29, 1.82) is 0 Å². The summed E-state index contributed by atoms with van der Waals surface area (Å²) in [6.07, 6.45) is 1.73. The lowest BCUT2D eigenvalue weighted by atomic mass is 9.96. The van der Waals surface area contributed by atoms with Gasteiger partial charge in [-0.15, -0.1) is 0 Å². The number of aryl methyl sites for hydroxylation is 1. The summed E-state index contributed by atoms with van der Waals surface area (Å²) in [4.78, 5) is 35.9. The molecule has 0 fully saturated rings. The maximum Gasteiger partial charge on any atom is 0.339 e. The molecule has 0 amide bonds. The molecule has 24 heavy (non-hydrogen) atoms. The molecular weight excluding hydrogens is 310 g/mol. The van der Waals surface area contributed by atoms with Crippen LogP contribution in [0.2, 0.25) is 0 Å². The standard InChI is InChI=1S/C18H21NO5/c1-5-23-17(21)15-10-14-9-13(7-8-19(14)11(15)3)16(12(4)20)18(22)24-6-2/h7-10,16H,5-6H2,1-4H3. The van der Waals surface area contributed by atoms with Crippen LogP contribution < -0.4 is 0 Å². The fourth-order valence-electron chi connectivity index (χ4n) is 2.69. The summed E-state index contributed by atoms with van der Waals surface area (Å²) in [5.41, 5.74) is 2.46. The van der Waals surface area contributed by atoms with E-state index >= 15 is 0 Å². The van der Waals surface area contributed by atoms with E-state index in [1.807, 2.05) is 11.3 Å². The van der Waals surface area contributed by atoms with E-state index < -0.39 is 17.9 Å². The van der Waals surface area contributed by atoms with Gasteiger partial charge in [-0.05, 0) is 51.5 Å². The van der Waals surface area contributed by atoms with E-state index in [-0.39, 0.29) is 12.4 Å². The molecule has 0 aliphatic carbocycles. The zero-order chi connectivity index (χ0) is 17.9. The molecule has 2 rings (SSSR count).